The minimum absolute atomic E-state index is 0.266. The quantitative estimate of drug-likeness (QED) is 0.811. The maximum Gasteiger partial charge on any atom is 0.255 e. The van der Waals surface area contributed by atoms with Gasteiger partial charge in [-0.1, -0.05) is 6.07 Å². The van der Waals surface area contributed by atoms with E-state index in [4.69, 9.17) is 0 Å². The summed E-state index contributed by atoms with van der Waals surface area (Å²) < 4.78 is 39.2. The number of carbonyl (C=O) groups is 1. The summed E-state index contributed by atoms with van der Waals surface area (Å²) in [6, 6.07) is 8.68. The predicted molar refractivity (Wildman–Crippen MR) is 91.0 cm³/mol. The summed E-state index contributed by atoms with van der Waals surface area (Å²) in [5.74, 6) is -1.08. The van der Waals surface area contributed by atoms with Crippen molar-refractivity contribution in [2.45, 2.75) is 26.0 Å². The van der Waals surface area contributed by atoms with Crippen LogP contribution in [-0.4, -0.2) is 24.6 Å². The van der Waals surface area contributed by atoms with Crippen molar-refractivity contribution in [3.8, 4) is 0 Å². The lowest BCUT2D eigenvalue weighted by Crippen LogP contribution is -2.22. The number of aromatic nitrogens is 1. The average Bonchev–Trinajstić information content (AvgIpc) is 2.49. The number of hydrogen-bond acceptors (Lipinski definition) is 4. The molecule has 0 radical (unpaired) electrons. The van der Waals surface area contributed by atoms with Crippen LogP contribution in [0.4, 0.5) is 15.8 Å². The number of carbonyl (C=O) groups excluding carboxylic acids is 1. The molecule has 128 valence electrons. The monoisotopic (exact) mass is 351 g/mol. The summed E-state index contributed by atoms with van der Waals surface area (Å²) in [6.45, 7) is 4.69. The standard InChI is InChI=1S/C16H18FN3O3S/c1-10(2)24(22,23)20-13-6-4-5-12(9-13)16(21)19-14-7-8-15(17)18-11(14)3/h4-10,20H,1-3H3,(H,19,21). The number of hydrogen-bond donors (Lipinski definition) is 2. The molecule has 0 saturated carbocycles. The van der Waals surface area contributed by atoms with Crippen molar-refractivity contribution in [3.05, 3.63) is 53.6 Å². The molecule has 1 amide bonds. The van der Waals surface area contributed by atoms with Crippen LogP contribution in [0.15, 0.2) is 36.4 Å². The number of rotatable bonds is 5. The molecule has 0 atom stereocenters. The Morgan fingerprint density at radius 2 is 1.92 bits per heavy atom. The van der Waals surface area contributed by atoms with E-state index in [9.17, 15) is 17.6 Å². The van der Waals surface area contributed by atoms with Crippen LogP contribution < -0.4 is 10.0 Å². The van der Waals surface area contributed by atoms with Gasteiger partial charge in [-0.3, -0.25) is 9.52 Å². The highest BCUT2D eigenvalue weighted by atomic mass is 32.2. The van der Waals surface area contributed by atoms with Gasteiger partial charge < -0.3 is 5.32 Å². The molecule has 0 unspecified atom stereocenters. The molecule has 8 heteroatoms. The smallest absolute Gasteiger partial charge is 0.255 e. The lowest BCUT2D eigenvalue weighted by atomic mass is 10.2. The van der Waals surface area contributed by atoms with Gasteiger partial charge in [0.1, 0.15) is 0 Å². The molecule has 1 heterocycles. The van der Waals surface area contributed by atoms with Crippen molar-refractivity contribution in [1.82, 2.24) is 4.98 Å². The largest absolute Gasteiger partial charge is 0.320 e. The van der Waals surface area contributed by atoms with Crippen molar-refractivity contribution < 1.29 is 17.6 Å². The molecule has 0 saturated heterocycles. The molecule has 0 aliphatic heterocycles. The molecule has 24 heavy (non-hydrogen) atoms. The van der Waals surface area contributed by atoms with Gasteiger partial charge in [-0.05, 0) is 51.1 Å². The number of benzene rings is 1. The highest BCUT2D eigenvalue weighted by Crippen LogP contribution is 2.17. The summed E-state index contributed by atoms with van der Waals surface area (Å²) in [7, 11) is -3.50. The van der Waals surface area contributed by atoms with E-state index in [2.05, 4.69) is 15.0 Å². The second kappa shape index (κ2) is 6.96. The molecular weight excluding hydrogens is 333 g/mol. The number of amides is 1. The lowest BCUT2D eigenvalue weighted by molar-refractivity contribution is 0.102. The third-order valence-electron chi connectivity index (χ3n) is 3.31. The van der Waals surface area contributed by atoms with E-state index in [1.807, 2.05) is 0 Å². The van der Waals surface area contributed by atoms with Gasteiger partial charge in [0.25, 0.3) is 5.91 Å². The topological polar surface area (TPSA) is 88.2 Å². The lowest BCUT2D eigenvalue weighted by Gasteiger charge is -2.12. The van der Waals surface area contributed by atoms with Gasteiger partial charge >= 0.3 is 0 Å². The Bertz CT molecular complexity index is 867. The number of aryl methyl sites for hydroxylation is 1. The van der Waals surface area contributed by atoms with Crippen LogP contribution in [-0.2, 0) is 10.0 Å². The van der Waals surface area contributed by atoms with E-state index in [-0.39, 0.29) is 5.56 Å². The van der Waals surface area contributed by atoms with Crippen molar-refractivity contribution in [1.29, 1.82) is 0 Å². The average molecular weight is 351 g/mol. The van der Waals surface area contributed by atoms with Crippen LogP contribution in [0.1, 0.15) is 29.9 Å². The molecule has 0 fully saturated rings. The third-order valence-corrected chi connectivity index (χ3v) is 5.07. The Kier molecular flexibility index (Phi) is 5.18. The summed E-state index contributed by atoms with van der Waals surface area (Å²) >= 11 is 0. The zero-order valence-electron chi connectivity index (χ0n) is 13.5. The molecule has 2 N–H and O–H groups in total. The van der Waals surface area contributed by atoms with E-state index in [1.54, 1.807) is 39.0 Å². The second-order valence-electron chi connectivity index (χ2n) is 5.50. The number of anilines is 2. The van der Waals surface area contributed by atoms with Gasteiger partial charge in [0.2, 0.25) is 16.0 Å². The minimum Gasteiger partial charge on any atom is -0.320 e. The molecule has 1 aromatic carbocycles. The van der Waals surface area contributed by atoms with Crippen molar-refractivity contribution >= 4 is 27.3 Å². The second-order valence-corrected chi connectivity index (χ2v) is 7.73. The fourth-order valence-corrected chi connectivity index (χ4v) is 2.55. The Balaban J connectivity index is 2.20. The Labute approximate surface area is 140 Å². The first-order chi connectivity index (χ1) is 11.2. The Morgan fingerprint density at radius 1 is 1.21 bits per heavy atom. The number of halogens is 1. The zero-order chi connectivity index (χ0) is 17.9. The van der Waals surface area contributed by atoms with Gasteiger partial charge in [0, 0.05) is 11.3 Å². The molecule has 1 aromatic heterocycles. The summed E-state index contributed by atoms with van der Waals surface area (Å²) in [4.78, 5) is 15.9. The zero-order valence-corrected chi connectivity index (χ0v) is 14.3. The van der Waals surface area contributed by atoms with Crippen molar-refractivity contribution in [3.63, 3.8) is 0 Å². The maximum atomic E-state index is 13.0. The third kappa shape index (κ3) is 4.29. The van der Waals surface area contributed by atoms with E-state index < -0.39 is 27.1 Å². The predicted octanol–water partition coefficient (Wildman–Crippen LogP) is 2.93. The SMILES string of the molecule is Cc1nc(F)ccc1NC(=O)c1cccc(NS(=O)(=O)C(C)C)c1. The van der Waals surface area contributed by atoms with Gasteiger partial charge in [0.05, 0.1) is 16.6 Å². The number of sulfonamides is 1. The van der Waals surface area contributed by atoms with Crippen LogP contribution in [0.5, 0.6) is 0 Å². The first-order valence-electron chi connectivity index (χ1n) is 7.25. The molecule has 0 aliphatic rings. The Hall–Kier alpha value is -2.48. The fourth-order valence-electron chi connectivity index (χ4n) is 1.86. The summed E-state index contributed by atoms with van der Waals surface area (Å²) in [5, 5.41) is 2.03. The van der Waals surface area contributed by atoms with E-state index in [0.29, 0.717) is 17.1 Å². The molecule has 0 aliphatic carbocycles. The van der Waals surface area contributed by atoms with Crippen LogP contribution in [0.25, 0.3) is 0 Å². The van der Waals surface area contributed by atoms with Gasteiger partial charge in [0.15, 0.2) is 0 Å². The molecular formula is C16H18FN3O3S. The maximum absolute atomic E-state index is 13.0. The van der Waals surface area contributed by atoms with E-state index >= 15 is 0 Å². The molecule has 6 nitrogen and oxygen atoms in total. The minimum atomic E-state index is -3.50. The first-order valence-corrected chi connectivity index (χ1v) is 8.80. The number of pyridine rings is 1. The van der Waals surface area contributed by atoms with Crippen LogP contribution in [0.3, 0.4) is 0 Å². The highest BCUT2D eigenvalue weighted by Gasteiger charge is 2.16. The van der Waals surface area contributed by atoms with Crippen molar-refractivity contribution in [2.75, 3.05) is 10.0 Å². The first kappa shape index (κ1) is 17.9. The van der Waals surface area contributed by atoms with Crippen LogP contribution >= 0.6 is 0 Å². The molecule has 2 rings (SSSR count). The molecule has 0 spiro atoms. The van der Waals surface area contributed by atoms with Gasteiger partial charge in [-0.2, -0.15) is 4.39 Å². The molecule has 2 aromatic rings. The molecule has 0 bridgehead atoms. The number of nitrogens with one attached hydrogen (secondary N) is 2. The number of nitrogens with zero attached hydrogens (tertiary/aromatic N) is 1. The summed E-state index contributed by atoms with van der Waals surface area (Å²) in [5.41, 5.74) is 1.29. The van der Waals surface area contributed by atoms with Gasteiger partial charge in [-0.15, -0.1) is 0 Å². The van der Waals surface area contributed by atoms with Crippen LogP contribution in [0, 0.1) is 12.9 Å². The highest BCUT2D eigenvalue weighted by molar-refractivity contribution is 7.93. The Morgan fingerprint density at radius 3 is 2.54 bits per heavy atom. The fraction of sp³-hybridized carbons (Fsp3) is 0.250. The normalized spacial score (nSPS) is 11.4. The summed E-state index contributed by atoms with van der Waals surface area (Å²) in [6.07, 6.45) is 0. The van der Waals surface area contributed by atoms with Crippen molar-refractivity contribution in [2.24, 2.45) is 0 Å². The van der Waals surface area contributed by atoms with Crippen LogP contribution in [0.2, 0.25) is 0 Å². The van der Waals surface area contributed by atoms with Gasteiger partial charge in [-0.25, -0.2) is 13.4 Å². The van der Waals surface area contributed by atoms with E-state index in [0.717, 1.165) is 6.07 Å². The van der Waals surface area contributed by atoms with E-state index in [1.165, 1.54) is 12.1 Å².